The Morgan fingerprint density at radius 2 is 1.74 bits per heavy atom. The van der Waals surface area contributed by atoms with Gasteiger partial charge in [0.05, 0.1) is 0 Å². The molecule has 0 radical (unpaired) electrons. The SMILES string of the molecule is CCCCNCCCC.Cc1cccc2n[nH]nc12. The lowest BCUT2D eigenvalue weighted by atomic mass is 10.2. The summed E-state index contributed by atoms with van der Waals surface area (Å²) >= 11 is 0. The summed E-state index contributed by atoms with van der Waals surface area (Å²) in [4.78, 5) is 0. The van der Waals surface area contributed by atoms with E-state index in [1.54, 1.807) is 0 Å². The van der Waals surface area contributed by atoms with Crippen LogP contribution in [0.5, 0.6) is 0 Å². The second-order valence-corrected chi connectivity index (χ2v) is 4.72. The van der Waals surface area contributed by atoms with E-state index < -0.39 is 0 Å². The number of hydrogen-bond donors (Lipinski definition) is 2. The molecule has 0 saturated carbocycles. The Labute approximate surface area is 116 Å². The fourth-order valence-corrected chi connectivity index (χ4v) is 1.74. The Morgan fingerprint density at radius 3 is 2.32 bits per heavy atom. The molecule has 0 saturated heterocycles. The number of nitrogens with zero attached hydrogens (tertiary/aromatic N) is 2. The first-order valence-electron chi connectivity index (χ1n) is 7.26. The maximum absolute atomic E-state index is 3.98. The summed E-state index contributed by atoms with van der Waals surface area (Å²) in [7, 11) is 0. The van der Waals surface area contributed by atoms with Gasteiger partial charge >= 0.3 is 0 Å². The molecule has 2 aromatic rings. The number of aryl methyl sites for hydroxylation is 1. The Kier molecular flexibility index (Phi) is 7.82. The zero-order valence-corrected chi connectivity index (χ0v) is 12.4. The van der Waals surface area contributed by atoms with Crippen LogP contribution in [-0.4, -0.2) is 28.5 Å². The lowest BCUT2D eigenvalue weighted by molar-refractivity contribution is 0.611. The van der Waals surface area contributed by atoms with Crippen LogP contribution >= 0.6 is 0 Å². The number of para-hydroxylation sites is 1. The number of rotatable bonds is 6. The van der Waals surface area contributed by atoms with Gasteiger partial charge in [0.1, 0.15) is 11.0 Å². The van der Waals surface area contributed by atoms with Crippen molar-refractivity contribution in [3.63, 3.8) is 0 Å². The third kappa shape index (κ3) is 5.83. The van der Waals surface area contributed by atoms with Gasteiger partial charge < -0.3 is 5.32 Å². The Hall–Kier alpha value is -1.42. The molecule has 0 atom stereocenters. The van der Waals surface area contributed by atoms with E-state index in [4.69, 9.17) is 0 Å². The van der Waals surface area contributed by atoms with Crippen LogP contribution in [0.1, 0.15) is 45.1 Å². The number of aromatic nitrogens is 3. The van der Waals surface area contributed by atoms with Gasteiger partial charge in [0.25, 0.3) is 0 Å². The highest BCUT2D eigenvalue weighted by Gasteiger charge is 1.97. The van der Waals surface area contributed by atoms with Crippen molar-refractivity contribution >= 4 is 11.0 Å². The molecule has 0 amide bonds. The molecule has 0 fully saturated rings. The van der Waals surface area contributed by atoms with Crippen LogP contribution in [0.3, 0.4) is 0 Å². The first-order chi connectivity index (χ1) is 9.29. The van der Waals surface area contributed by atoms with E-state index >= 15 is 0 Å². The minimum absolute atomic E-state index is 0.931. The minimum atomic E-state index is 0.931. The molecule has 0 bridgehead atoms. The van der Waals surface area contributed by atoms with Crippen LogP contribution < -0.4 is 5.32 Å². The molecule has 4 nitrogen and oxygen atoms in total. The van der Waals surface area contributed by atoms with Gasteiger partial charge in [0.15, 0.2) is 0 Å². The number of aromatic amines is 1. The zero-order chi connectivity index (χ0) is 13.9. The van der Waals surface area contributed by atoms with Gasteiger partial charge in [-0.15, -0.1) is 0 Å². The molecule has 2 rings (SSSR count). The fourth-order valence-electron chi connectivity index (χ4n) is 1.74. The van der Waals surface area contributed by atoms with Crippen molar-refractivity contribution in [2.75, 3.05) is 13.1 Å². The summed E-state index contributed by atoms with van der Waals surface area (Å²) in [5.74, 6) is 0. The van der Waals surface area contributed by atoms with Crippen LogP contribution in [0, 0.1) is 6.92 Å². The lowest BCUT2D eigenvalue weighted by Crippen LogP contribution is -2.15. The third-order valence-corrected chi connectivity index (χ3v) is 2.96. The van der Waals surface area contributed by atoms with E-state index in [0.717, 1.165) is 16.6 Å². The summed E-state index contributed by atoms with van der Waals surface area (Å²) in [6.07, 6.45) is 5.26. The maximum Gasteiger partial charge on any atom is 0.115 e. The first kappa shape index (κ1) is 15.6. The van der Waals surface area contributed by atoms with Gasteiger partial charge in [-0.2, -0.15) is 15.4 Å². The molecule has 1 heterocycles. The highest BCUT2D eigenvalue weighted by atomic mass is 15.3. The Balaban J connectivity index is 0.000000192. The molecule has 0 aliphatic carbocycles. The summed E-state index contributed by atoms with van der Waals surface area (Å²) in [5.41, 5.74) is 3.05. The normalized spacial score (nSPS) is 10.3. The van der Waals surface area contributed by atoms with Crippen LogP contribution in [0.25, 0.3) is 11.0 Å². The van der Waals surface area contributed by atoms with Gasteiger partial charge in [-0.05, 0) is 44.5 Å². The zero-order valence-electron chi connectivity index (χ0n) is 12.4. The quantitative estimate of drug-likeness (QED) is 0.784. The topological polar surface area (TPSA) is 53.6 Å². The van der Waals surface area contributed by atoms with Crippen molar-refractivity contribution in [3.8, 4) is 0 Å². The summed E-state index contributed by atoms with van der Waals surface area (Å²) in [5, 5.41) is 13.9. The van der Waals surface area contributed by atoms with Gasteiger partial charge in [-0.1, -0.05) is 38.8 Å². The number of benzene rings is 1. The van der Waals surface area contributed by atoms with E-state index in [1.807, 2.05) is 25.1 Å². The predicted octanol–water partition coefficient (Wildman–Crippen LogP) is 3.44. The standard InChI is InChI=1S/C8H19N.C7H7N3/c1-3-5-7-9-8-6-4-2;1-5-3-2-4-6-7(5)9-10-8-6/h9H,3-8H2,1-2H3;2-4H,1H3,(H,8,9,10). The highest BCUT2D eigenvalue weighted by Crippen LogP contribution is 2.10. The van der Waals surface area contributed by atoms with Crippen LogP contribution in [0.2, 0.25) is 0 Å². The van der Waals surface area contributed by atoms with Gasteiger partial charge in [0, 0.05) is 0 Å². The second kappa shape index (κ2) is 9.50. The smallest absolute Gasteiger partial charge is 0.115 e. The summed E-state index contributed by atoms with van der Waals surface area (Å²) in [6, 6.07) is 5.93. The van der Waals surface area contributed by atoms with Crippen molar-refractivity contribution < 1.29 is 0 Å². The Bertz CT molecular complexity index is 444. The van der Waals surface area contributed by atoms with Crippen molar-refractivity contribution in [3.05, 3.63) is 23.8 Å². The number of hydrogen-bond acceptors (Lipinski definition) is 3. The number of fused-ring (bicyclic) bond motifs is 1. The van der Waals surface area contributed by atoms with E-state index in [-0.39, 0.29) is 0 Å². The minimum Gasteiger partial charge on any atom is -0.317 e. The molecule has 0 spiro atoms. The first-order valence-corrected chi connectivity index (χ1v) is 7.26. The van der Waals surface area contributed by atoms with Crippen molar-refractivity contribution in [1.29, 1.82) is 0 Å². The third-order valence-electron chi connectivity index (χ3n) is 2.96. The Morgan fingerprint density at radius 1 is 1.05 bits per heavy atom. The molecule has 106 valence electrons. The maximum atomic E-state index is 3.98. The molecular formula is C15H26N4. The molecular weight excluding hydrogens is 236 g/mol. The number of unbranched alkanes of at least 4 members (excludes halogenated alkanes) is 2. The molecule has 1 aromatic heterocycles. The van der Waals surface area contributed by atoms with Gasteiger partial charge in [-0.3, -0.25) is 0 Å². The van der Waals surface area contributed by atoms with Crippen molar-refractivity contribution in [2.45, 2.75) is 46.5 Å². The van der Waals surface area contributed by atoms with Crippen molar-refractivity contribution in [2.24, 2.45) is 0 Å². The lowest BCUT2D eigenvalue weighted by Gasteiger charge is -1.99. The molecule has 1 aromatic carbocycles. The number of nitrogens with one attached hydrogen (secondary N) is 2. The average Bonchev–Trinajstić information content (AvgIpc) is 2.89. The van der Waals surface area contributed by atoms with Crippen molar-refractivity contribution in [1.82, 2.24) is 20.7 Å². The van der Waals surface area contributed by atoms with E-state index in [9.17, 15) is 0 Å². The highest BCUT2D eigenvalue weighted by molar-refractivity contribution is 5.76. The molecule has 0 aliphatic rings. The van der Waals surface area contributed by atoms with Crippen LogP contribution in [0.4, 0.5) is 0 Å². The largest absolute Gasteiger partial charge is 0.317 e. The van der Waals surface area contributed by atoms with E-state index in [1.165, 1.54) is 38.8 Å². The predicted molar refractivity (Wildman–Crippen MR) is 81.3 cm³/mol. The molecule has 19 heavy (non-hydrogen) atoms. The van der Waals surface area contributed by atoms with Crippen LogP contribution in [-0.2, 0) is 0 Å². The number of H-pyrrole nitrogens is 1. The molecule has 4 heteroatoms. The summed E-state index contributed by atoms with van der Waals surface area (Å²) in [6.45, 7) is 8.88. The fraction of sp³-hybridized carbons (Fsp3) is 0.600. The molecule has 0 aliphatic heterocycles. The monoisotopic (exact) mass is 262 g/mol. The summed E-state index contributed by atoms with van der Waals surface area (Å²) < 4.78 is 0. The molecule has 2 N–H and O–H groups in total. The van der Waals surface area contributed by atoms with Gasteiger partial charge in [0.2, 0.25) is 0 Å². The van der Waals surface area contributed by atoms with E-state index in [2.05, 4.69) is 34.6 Å². The molecule has 0 unspecified atom stereocenters. The van der Waals surface area contributed by atoms with Crippen LogP contribution in [0.15, 0.2) is 18.2 Å². The average molecular weight is 262 g/mol. The van der Waals surface area contributed by atoms with Gasteiger partial charge in [-0.25, -0.2) is 0 Å². The van der Waals surface area contributed by atoms with E-state index in [0.29, 0.717) is 0 Å². The second-order valence-electron chi connectivity index (χ2n) is 4.72.